The van der Waals surface area contributed by atoms with Crippen LogP contribution in [0.3, 0.4) is 0 Å². The second kappa shape index (κ2) is 10.4. The third-order valence-corrected chi connectivity index (χ3v) is 6.63. The van der Waals surface area contributed by atoms with Gasteiger partial charge in [0.25, 0.3) is 0 Å². The van der Waals surface area contributed by atoms with E-state index < -0.39 is 0 Å². The van der Waals surface area contributed by atoms with Gasteiger partial charge in [-0.25, -0.2) is 4.39 Å². The Hall–Kier alpha value is -2.84. The van der Waals surface area contributed by atoms with Crippen molar-refractivity contribution in [2.45, 2.75) is 44.0 Å². The first kappa shape index (κ1) is 23.3. The van der Waals surface area contributed by atoms with Crippen molar-refractivity contribution in [1.82, 2.24) is 14.8 Å². The lowest BCUT2D eigenvalue weighted by atomic mass is 10.2. The number of carbonyl (C=O) groups excluding carboxylic acids is 2. The molecule has 8 heteroatoms. The van der Waals surface area contributed by atoms with Crippen molar-refractivity contribution in [1.29, 1.82) is 0 Å². The largest absolute Gasteiger partial charge is 0.372 e. The lowest BCUT2D eigenvalue weighted by Crippen LogP contribution is -2.49. The van der Waals surface area contributed by atoms with Gasteiger partial charge in [0.1, 0.15) is 12.4 Å². The van der Waals surface area contributed by atoms with Crippen LogP contribution in [0.2, 0.25) is 0 Å². The van der Waals surface area contributed by atoms with Crippen molar-refractivity contribution in [3.8, 4) is 0 Å². The molecule has 6 nitrogen and oxygen atoms in total. The van der Waals surface area contributed by atoms with Gasteiger partial charge >= 0.3 is 0 Å². The van der Waals surface area contributed by atoms with Gasteiger partial charge in [-0.05, 0) is 37.6 Å². The van der Waals surface area contributed by atoms with Gasteiger partial charge in [-0.3, -0.25) is 9.59 Å². The average molecular weight is 470 g/mol. The number of fused-ring (bicyclic) bond motifs is 1. The van der Waals surface area contributed by atoms with Crippen LogP contribution in [-0.4, -0.2) is 52.3 Å². The van der Waals surface area contributed by atoms with Crippen molar-refractivity contribution in [2.75, 3.05) is 18.8 Å². The van der Waals surface area contributed by atoms with Crippen LogP contribution in [0.4, 0.5) is 4.39 Å². The average Bonchev–Trinajstić information content (AvgIpc) is 3.14. The third-order valence-electron chi connectivity index (χ3n) is 5.59. The molecule has 1 aliphatic heterocycles. The molecule has 4 rings (SSSR count). The monoisotopic (exact) mass is 469 g/mol. The molecular weight excluding hydrogens is 441 g/mol. The molecule has 0 spiro atoms. The van der Waals surface area contributed by atoms with Crippen LogP contribution in [0.1, 0.15) is 19.4 Å². The minimum absolute atomic E-state index is 0.0265. The normalized spacial score (nSPS) is 18.5. The minimum atomic E-state index is -0.298. The zero-order chi connectivity index (χ0) is 23.4. The number of rotatable bonds is 7. The summed E-state index contributed by atoms with van der Waals surface area (Å²) in [4.78, 5) is 28.2. The molecule has 2 amide bonds. The maximum absolute atomic E-state index is 13.0. The first-order valence-electron chi connectivity index (χ1n) is 11.0. The lowest BCUT2D eigenvalue weighted by Gasteiger charge is -2.35. The summed E-state index contributed by atoms with van der Waals surface area (Å²) < 4.78 is 20.7. The molecule has 0 bridgehead atoms. The van der Waals surface area contributed by atoms with Gasteiger partial charge in [0, 0.05) is 41.6 Å². The summed E-state index contributed by atoms with van der Waals surface area (Å²) in [7, 11) is 0. The van der Waals surface area contributed by atoms with Gasteiger partial charge in [-0.15, -0.1) is 11.8 Å². The first-order chi connectivity index (χ1) is 15.9. The molecule has 2 aromatic carbocycles. The molecule has 3 aromatic rings. The lowest BCUT2D eigenvalue weighted by molar-refractivity contribution is -0.143. The van der Waals surface area contributed by atoms with Gasteiger partial charge in [-0.2, -0.15) is 0 Å². The molecule has 1 fully saturated rings. The van der Waals surface area contributed by atoms with E-state index in [2.05, 4.69) is 5.32 Å². The molecule has 1 aliphatic rings. The standard InChI is InChI=1S/C25H28FN3O3S/c1-17-12-29(13-18(2)32-17)25(31)15-28-14-23(21-5-3-4-6-22(21)28)33-16-24(30)27-11-19-7-9-20(26)10-8-19/h3-10,14,17-18H,11-13,15-16H2,1-2H3,(H,27,30). The fourth-order valence-electron chi connectivity index (χ4n) is 4.08. The van der Waals surface area contributed by atoms with Crippen molar-refractivity contribution >= 4 is 34.5 Å². The molecule has 33 heavy (non-hydrogen) atoms. The summed E-state index contributed by atoms with van der Waals surface area (Å²) >= 11 is 1.44. The number of nitrogens with zero attached hydrogens (tertiary/aromatic N) is 2. The SMILES string of the molecule is CC1CN(C(=O)Cn2cc(SCC(=O)NCc3ccc(F)cc3)c3ccccc32)CC(C)O1. The Morgan fingerprint density at radius 3 is 2.52 bits per heavy atom. The van der Waals surface area contributed by atoms with Gasteiger partial charge < -0.3 is 19.5 Å². The van der Waals surface area contributed by atoms with Crippen LogP contribution >= 0.6 is 11.8 Å². The molecule has 2 atom stereocenters. The molecule has 2 unspecified atom stereocenters. The van der Waals surface area contributed by atoms with E-state index >= 15 is 0 Å². The summed E-state index contributed by atoms with van der Waals surface area (Å²) in [6.07, 6.45) is 2.01. The highest BCUT2D eigenvalue weighted by molar-refractivity contribution is 8.00. The smallest absolute Gasteiger partial charge is 0.242 e. The van der Waals surface area contributed by atoms with Crippen LogP contribution in [0, 0.1) is 5.82 Å². The Kier molecular flexibility index (Phi) is 7.35. The molecule has 2 heterocycles. The van der Waals surface area contributed by atoms with Crippen molar-refractivity contribution in [3.63, 3.8) is 0 Å². The van der Waals surface area contributed by atoms with Crippen molar-refractivity contribution < 1.29 is 18.7 Å². The highest BCUT2D eigenvalue weighted by Gasteiger charge is 2.26. The molecule has 1 saturated heterocycles. The zero-order valence-corrected chi connectivity index (χ0v) is 19.6. The highest BCUT2D eigenvalue weighted by atomic mass is 32.2. The summed E-state index contributed by atoms with van der Waals surface area (Å²) in [6.45, 7) is 5.76. The van der Waals surface area contributed by atoms with Crippen molar-refractivity contribution in [3.05, 3.63) is 66.1 Å². The number of ether oxygens (including phenoxy) is 1. The first-order valence-corrected chi connectivity index (χ1v) is 12.0. The number of benzene rings is 2. The molecule has 0 saturated carbocycles. The van der Waals surface area contributed by atoms with E-state index in [1.807, 2.05) is 53.8 Å². The second-order valence-corrected chi connectivity index (χ2v) is 9.40. The van der Waals surface area contributed by atoms with E-state index in [-0.39, 0.29) is 42.1 Å². The maximum atomic E-state index is 13.0. The number of morpholine rings is 1. The fourth-order valence-corrected chi connectivity index (χ4v) is 5.00. The van der Waals surface area contributed by atoms with E-state index in [0.29, 0.717) is 19.6 Å². The molecule has 174 valence electrons. The fraction of sp³-hybridized carbons (Fsp3) is 0.360. The van der Waals surface area contributed by atoms with Gasteiger partial charge in [0.15, 0.2) is 0 Å². The van der Waals surface area contributed by atoms with E-state index in [9.17, 15) is 14.0 Å². The molecular formula is C25H28FN3O3S. The van der Waals surface area contributed by atoms with Gasteiger partial charge in [0.05, 0.1) is 18.0 Å². The summed E-state index contributed by atoms with van der Waals surface area (Å²) in [5.74, 6) is -0.0882. The summed E-state index contributed by atoms with van der Waals surface area (Å²) in [5, 5.41) is 3.88. The van der Waals surface area contributed by atoms with Crippen molar-refractivity contribution in [2.24, 2.45) is 0 Å². The highest BCUT2D eigenvalue weighted by Crippen LogP contribution is 2.30. The number of carbonyl (C=O) groups is 2. The van der Waals surface area contributed by atoms with E-state index in [1.165, 1.54) is 23.9 Å². The number of amides is 2. The van der Waals surface area contributed by atoms with E-state index in [1.54, 1.807) is 12.1 Å². The van der Waals surface area contributed by atoms with Gasteiger partial charge in [0.2, 0.25) is 11.8 Å². The number of hydrogen-bond acceptors (Lipinski definition) is 4. The van der Waals surface area contributed by atoms with E-state index in [4.69, 9.17) is 4.74 Å². The van der Waals surface area contributed by atoms with Gasteiger partial charge in [-0.1, -0.05) is 30.3 Å². The molecule has 1 N–H and O–H groups in total. The number of halogens is 1. The van der Waals surface area contributed by atoms with Crippen LogP contribution < -0.4 is 5.32 Å². The Balaban J connectivity index is 1.39. The number of para-hydroxylation sites is 1. The predicted molar refractivity (Wildman–Crippen MR) is 127 cm³/mol. The Morgan fingerprint density at radius 2 is 1.79 bits per heavy atom. The van der Waals surface area contributed by atoms with Crippen LogP contribution in [0.25, 0.3) is 10.9 Å². The third kappa shape index (κ3) is 5.94. The summed E-state index contributed by atoms with van der Waals surface area (Å²) in [6, 6.07) is 14.0. The zero-order valence-electron chi connectivity index (χ0n) is 18.8. The second-order valence-electron chi connectivity index (χ2n) is 8.39. The summed E-state index contributed by atoms with van der Waals surface area (Å²) in [5.41, 5.74) is 1.81. The number of thioether (sulfide) groups is 1. The Bertz CT molecular complexity index is 1120. The number of nitrogens with one attached hydrogen (secondary N) is 1. The number of aromatic nitrogens is 1. The minimum Gasteiger partial charge on any atom is -0.372 e. The predicted octanol–water partition coefficient (Wildman–Crippen LogP) is 3.82. The Morgan fingerprint density at radius 1 is 1.09 bits per heavy atom. The molecule has 1 aromatic heterocycles. The van der Waals surface area contributed by atoms with E-state index in [0.717, 1.165) is 21.4 Å². The van der Waals surface area contributed by atoms with Crippen LogP contribution in [0.5, 0.6) is 0 Å². The van der Waals surface area contributed by atoms with Crippen LogP contribution in [0.15, 0.2) is 59.6 Å². The molecule has 0 radical (unpaired) electrons. The maximum Gasteiger partial charge on any atom is 0.242 e. The topological polar surface area (TPSA) is 63.6 Å². The quantitative estimate of drug-likeness (QED) is 0.535. The Labute approximate surface area is 197 Å². The van der Waals surface area contributed by atoms with Crippen LogP contribution in [-0.2, 0) is 27.4 Å². The number of hydrogen-bond donors (Lipinski definition) is 1. The molecule has 0 aliphatic carbocycles.